The largest absolute Gasteiger partial charge is 0.493 e. The van der Waals surface area contributed by atoms with Gasteiger partial charge in [0.15, 0.2) is 16.9 Å². The number of hydrogen-bond acceptors (Lipinski definition) is 4. The molecule has 2 aliphatic rings. The van der Waals surface area contributed by atoms with E-state index in [1.54, 1.807) is 4.90 Å². The van der Waals surface area contributed by atoms with Crippen molar-refractivity contribution >= 4 is 10.9 Å². The zero-order valence-electron chi connectivity index (χ0n) is 20.3. The molecule has 0 bridgehead atoms. The highest BCUT2D eigenvalue weighted by Gasteiger charge is 2.26. The molecule has 3 heterocycles. The van der Waals surface area contributed by atoms with E-state index in [0.717, 1.165) is 73.3 Å². The molecule has 0 radical (unpaired) electrons. The number of hydrogen-bond donors (Lipinski definition) is 3. The molecule has 1 aromatic heterocycles. The third-order valence-corrected chi connectivity index (χ3v) is 6.85. The van der Waals surface area contributed by atoms with Crippen LogP contribution < -0.4 is 29.4 Å². The molecule has 2 aliphatic heterocycles. The summed E-state index contributed by atoms with van der Waals surface area (Å²) in [5.74, 6) is 2.89. The lowest BCUT2D eigenvalue weighted by molar-refractivity contribution is -1.02. The maximum Gasteiger partial charge on any atom is 0.231 e. The predicted octanol–water partition coefficient (Wildman–Crippen LogP) is 1.08. The minimum Gasteiger partial charge on any atom is -0.493 e. The van der Waals surface area contributed by atoms with Crippen molar-refractivity contribution in [2.24, 2.45) is 5.92 Å². The molecule has 0 atom stereocenters. The maximum atomic E-state index is 13.4. The Morgan fingerprint density at radius 1 is 0.971 bits per heavy atom. The third kappa shape index (κ3) is 4.91. The van der Waals surface area contributed by atoms with Gasteiger partial charge in [-0.05, 0) is 49.2 Å². The number of ether oxygens (including phenoxy) is 3. The van der Waals surface area contributed by atoms with Crippen molar-refractivity contribution in [2.75, 3.05) is 39.6 Å². The maximum absolute atomic E-state index is 13.4. The first-order chi connectivity index (χ1) is 16.5. The monoisotopic (exact) mass is 465 g/mol. The van der Waals surface area contributed by atoms with Gasteiger partial charge in [-0.1, -0.05) is 13.8 Å². The smallest absolute Gasteiger partial charge is 0.231 e. The fourth-order valence-electron chi connectivity index (χ4n) is 4.90. The van der Waals surface area contributed by atoms with E-state index in [-0.39, 0.29) is 5.43 Å². The van der Waals surface area contributed by atoms with Gasteiger partial charge in [-0.3, -0.25) is 4.79 Å². The molecule has 0 aliphatic carbocycles. The molecule has 0 amide bonds. The lowest BCUT2D eigenvalue weighted by atomic mass is 10.1. The molecule has 0 saturated carbocycles. The molecule has 0 unspecified atom stereocenters. The lowest BCUT2D eigenvalue weighted by Crippen LogP contribution is -3.27. The van der Waals surface area contributed by atoms with Gasteiger partial charge in [-0.2, -0.15) is 0 Å². The van der Waals surface area contributed by atoms with Crippen molar-refractivity contribution in [3.05, 3.63) is 63.4 Å². The lowest BCUT2D eigenvalue weighted by Gasteiger charge is -2.30. The number of aryl methyl sites for hydroxylation is 1. The molecule has 2 aromatic carbocycles. The second-order valence-corrected chi connectivity index (χ2v) is 10.0. The molecule has 180 valence electrons. The summed E-state index contributed by atoms with van der Waals surface area (Å²) in [5.41, 5.74) is 4.14. The van der Waals surface area contributed by atoms with Gasteiger partial charge in [0.2, 0.25) is 6.79 Å². The van der Waals surface area contributed by atoms with E-state index in [0.29, 0.717) is 24.7 Å². The Morgan fingerprint density at radius 2 is 1.71 bits per heavy atom. The Kier molecular flexibility index (Phi) is 6.48. The van der Waals surface area contributed by atoms with Gasteiger partial charge in [-0.15, -0.1) is 0 Å². The highest BCUT2D eigenvalue weighted by Crippen LogP contribution is 2.32. The number of aromatic nitrogens is 1. The minimum atomic E-state index is 0.129. The van der Waals surface area contributed by atoms with Crippen LogP contribution in [0.3, 0.4) is 0 Å². The summed E-state index contributed by atoms with van der Waals surface area (Å²) in [7, 11) is 0. The van der Waals surface area contributed by atoms with Crippen LogP contribution in [0.25, 0.3) is 10.9 Å². The van der Waals surface area contributed by atoms with Crippen LogP contribution in [-0.2, 0) is 13.1 Å². The van der Waals surface area contributed by atoms with Gasteiger partial charge in [0, 0.05) is 22.2 Å². The number of quaternary nitrogens is 2. The number of aromatic amines is 1. The van der Waals surface area contributed by atoms with Crippen LogP contribution in [0.15, 0.2) is 41.2 Å². The summed E-state index contributed by atoms with van der Waals surface area (Å²) >= 11 is 0. The Bertz CT molecular complexity index is 1230. The van der Waals surface area contributed by atoms with Crippen LogP contribution in [0.1, 0.15) is 30.7 Å². The minimum absolute atomic E-state index is 0.129. The highest BCUT2D eigenvalue weighted by molar-refractivity contribution is 5.81. The third-order valence-electron chi connectivity index (χ3n) is 6.85. The number of piperazine rings is 1. The van der Waals surface area contributed by atoms with Crippen LogP contribution in [0.5, 0.6) is 17.2 Å². The molecular weight excluding hydrogens is 430 g/mol. The topological polar surface area (TPSA) is 69.4 Å². The summed E-state index contributed by atoms with van der Waals surface area (Å²) in [6.07, 6.45) is 0. The van der Waals surface area contributed by atoms with E-state index < -0.39 is 0 Å². The zero-order chi connectivity index (χ0) is 23.7. The number of H-pyrrole nitrogens is 1. The first kappa shape index (κ1) is 22.7. The molecular formula is C27H35N3O4+2. The molecule has 1 fully saturated rings. The van der Waals surface area contributed by atoms with Gasteiger partial charge in [0.1, 0.15) is 45.0 Å². The Labute approximate surface area is 200 Å². The molecule has 5 rings (SSSR count). The van der Waals surface area contributed by atoms with Crippen LogP contribution >= 0.6 is 0 Å². The number of nitrogens with one attached hydrogen (secondary N) is 3. The van der Waals surface area contributed by atoms with Gasteiger partial charge < -0.3 is 29.0 Å². The quantitative estimate of drug-likeness (QED) is 0.489. The van der Waals surface area contributed by atoms with Gasteiger partial charge in [0.05, 0.1) is 12.2 Å². The normalized spacial score (nSPS) is 19.6. The number of rotatable bonds is 7. The molecule has 7 heteroatoms. The molecule has 1 saturated heterocycles. The Balaban J connectivity index is 1.24. The summed E-state index contributed by atoms with van der Waals surface area (Å²) in [4.78, 5) is 19.9. The van der Waals surface area contributed by atoms with Crippen molar-refractivity contribution in [1.29, 1.82) is 0 Å². The van der Waals surface area contributed by atoms with Crippen LogP contribution in [-0.4, -0.2) is 44.6 Å². The Morgan fingerprint density at radius 3 is 2.47 bits per heavy atom. The summed E-state index contributed by atoms with van der Waals surface area (Å²) in [5, 5.41) is 0.716. The van der Waals surface area contributed by atoms with Crippen molar-refractivity contribution in [1.82, 2.24) is 4.98 Å². The average Bonchev–Trinajstić information content (AvgIpc) is 3.29. The van der Waals surface area contributed by atoms with E-state index in [1.165, 1.54) is 10.5 Å². The Hall–Kier alpha value is -3.03. The van der Waals surface area contributed by atoms with E-state index in [9.17, 15) is 4.79 Å². The second-order valence-electron chi connectivity index (χ2n) is 10.0. The van der Waals surface area contributed by atoms with Gasteiger partial charge >= 0.3 is 0 Å². The van der Waals surface area contributed by atoms with E-state index in [2.05, 4.69) is 31.0 Å². The highest BCUT2D eigenvalue weighted by atomic mass is 16.7. The average molecular weight is 466 g/mol. The first-order valence-corrected chi connectivity index (χ1v) is 12.3. The molecule has 34 heavy (non-hydrogen) atoms. The second kappa shape index (κ2) is 9.68. The van der Waals surface area contributed by atoms with E-state index in [1.807, 2.05) is 31.2 Å². The summed E-state index contributed by atoms with van der Waals surface area (Å²) < 4.78 is 16.8. The summed E-state index contributed by atoms with van der Waals surface area (Å²) in [6.45, 7) is 13.2. The molecule has 3 N–H and O–H groups in total. The van der Waals surface area contributed by atoms with Crippen molar-refractivity contribution in [2.45, 2.75) is 33.9 Å². The van der Waals surface area contributed by atoms with E-state index >= 15 is 0 Å². The van der Waals surface area contributed by atoms with Crippen molar-refractivity contribution in [3.8, 4) is 17.2 Å². The molecule has 3 aromatic rings. The van der Waals surface area contributed by atoms with Crippen molar-refractivity contribution < 1.29 is 24.0 Å². The van der Waals surface area contributed by atoms with Gasteiger partial charge in [-0.25, -0.2) is 0 Å². The molecule has 0 spiro atoms. The summed E-state index contributed by atoms with van der Waals surface area (Å²) in [6, 6.07) is 12.0. The van der Waals surface area contributed by atoms with Crippen LogP contribution in [0.4, 0.5) is 0 Å². The van der Waals surface area contributed by atoms with E-state index in [4.69, 9.17) is 14.2 Å². The fourth-order valence-corrected chi connectivity index (χ4v) is 4.90. The van der Waals surface area contributed by atoms with Crippen molar-refractivity contribution in [3.63, 3.8) is 0 Å². The number of pyridine rings is 1. The molecule has 7 nitrogen and oxygen atoms in total. The first-order valence-electron chi connectivity index (χ1n) is 12.3. The SMILES string of the molecule is Cc1[nH]c2ccc(OCC(C)C)cc2c(=O)c1C[NH+]1CC[NH+](Cc2ccc3c(c2)OCO3)CC1. The number of fused-ring (bicyclic) bond motifs is 2. The fraction of sp³-hybridized carbons (Fsp3) is 0.444. The van der Waals surface area contributed by atoms with Gasteiger partial charge in [0.25, 0.3) is 0 Å². The zero-order valence-corrected chi connectivity index (χ0v) is 20.3. The standard InChI is InChI=1S/C27H33N3O4/c1-18(2)16-32-21-5-6-24-22(13-21)27(31)23(19(3)28-24)15-30-10-8-29(9-11-30)14-20-4-7-25-26(12-20)34-17-33-25/h4-7,12-13,18H,8-11,14-17H2,1-3H3,(H,28,31)/p+2. The predicted molar refractivity (Wildman–Crippen MR) is 131 cm³/mol. The van der Waals surface area contributed by atoms with Crippen LogP contribution in [0.2, 0.25) is 0 Å². The van der Waals surface area contributed by atoms with Crippen LogP contribution in [0, 0.1) is 12.8 Å². The number of benzene rings is 2.